The molecule has 0 radical (unpaired) electrons. The number of hydrogen-bond donors (Lipinski definition) is 2. The van der Waals surface area contributed by atoms with E-state index in [0.717, 1.165) is 4.90 Å². The predicted octanol–water partition coefficient (Wildman–Crippen LogP) is 3.56. The molecule has 0 spiro atoms. The molecule has 2 N–H and O–H groups in total. The third-order valence-corrected chi connectivity index (χ3v) is 4.40. The van der Waals surface area contributed by atoms with Crippen molar-refractivity contribution in [2.75, 3.05) is 15.5 Å². The lowest BCUT2D eigenvalue weighted by Crippen LogP contribution is -2.33. The van der Waals surface area contributed by atoms with Crippen LogP contribution >= 0.6 is 0 Å². The van der Waals surface area contributed by atoms with Crippen LogP contribution in [0.2, 0.25) is 0 Å². The predicted molar refractivity (Wildman–Crippen MR) is 111 cm³/mol. The number of anilines is 3. The molecule has 3 aromatic rings. The van der Waals surface area contributed by atoms with Gasteiger partial charge < -0.3 is 10.6 Å². The summed E-state index contributed by atoms with van der Waals surface area (Å²) in [5.74, 6) is -1.90. The molecule has 3 aromatic carbocycles. The smallest absolute Gasteiger partial charge is 0.282 e. The molecule has 1 aliphatic rings. The summed E-state index contributed by atoms with van der Waals surface area (Å²) in [5, 5.41) is 5.63. The Morgan fingerprint density at radius 2 is 1.17 bits per heavy atom. The van der Waals surface area contributed by atoms with Crippen molar-refractivity contribution in [2.24, 2.45) is 0 Å². The first-order valence-corrected chi connectivity index (χ1v) is 9.02. The summed E-state index contributed by atoms with van der Waals surface area (Å²) in [5.41, 5.74) is 1.24. The van der Waals surface area contributed by atoms with Crippen LogP contribution in [0, 0.1) is 0 Å². The van der Waals surface area contributed by atoms with Crippen molar-refractivity contribution < 1.29 is 14.4 Å². The average molecular weight is 383 g/mol. The Balaban J connectivity index is 1.73. The van der Waals surface area contributed by atoms with Crippen LogP contribution in [-0.4, -0.2) is 17.7 Å². The van der Waals surface area contributed by atoms with Gasteiger partial charge >= 0.3 is 0 Å². The molecule has 29 heavy (non-hydrogen) atoms. The highest BCUT2D eigenvalue weighted by molar-refractivity contribution is 6.43. The van der Waals surface area contributed by atoms with E-state index in [1.165, 1.54) is 0 Å². The molecule has 0 aromatic heterocycles. The van der Waals surface area contributed by atoms with Gasteiger partial charge in [-0.15, -0.1) is 0 Å². The Hall–Kier alpha value is -4.19. The van der Waals surface area contributed by atoms with E-state index in [0.29, 0.717) is 17.1 Å². The summed E-state index contributed by atoms with van der Waals surface area (Å²) in [6, 6.07) is 26.2. The van der Waals surface area contributed by atoms with Crippen LogP contribution in [0.25, 0.3) is 0 Å². The number of imide groups is 1. The van der Waals surface area contributed by atoms with Crippen LogP contribution in [0.3, 0.4) is 0 Å². The first-order chi connectivity index (χ1) is 14.1. The fraction of sp³-hybridized carbons (Fsp3) is 0. The van der Waals surface area contributed by atoms with Crippen molar-refractivity contribution in [1.29, 1.82) is 0 Å². The Kier molecular flexibility index (Phi) is 4.90. The molecule has 1 heterocycles. The summed E-state index contributed by atoms with van der Waals surface area (Å²) in [6.45, 7) is 0. The minimum absolute atomic E-state index is 0.0570. The largest absolute Gasteiger partial charge is 0.350 e. The molecular weight excluding hydrogens is 366 g/mol. The van der Waals surface area contributed by atoms with Gasteiger partial charge in [0.1, 0.15) is 11.3 Å². The lowest BCUT2D eigenvalue weighted by Gasteiger charge is -2.15. The molecular formula is C23H17N3O3. The van der Waals surface area contributed by atoms with Gasteiger partial charge in [0.05, 0.1) is 5.69 Å². The molecule has 0 saturated carbocycles. The third kappa shape index (κ3) is 3.64. The van der Waals surface area contributed by atoms with Gasteiger partial charge in [-0.3, -0.25) is 14.4 Å². The average Bonchev–Trinajstić information content (AvgIpc) is 2.99. The number of benzene rings is 3. The molecule has 142 valence electrons. The molecule has 3 amide bonds. The van der Waals surface area contributed by atoms with Gasteiger partial charge in [0.25, 0.3) is 17.7 Å². The van der Waals surface area contributed by atoms with E-state index in [9.17, 15) is 14.4 Å². The van der Waals surface area contributed by atoms with Gasteiger partial charge in [-0.1, -0.05) is 54.6 Å². The molecule has 1 aliphatic heterocycles. The van der Waals surface area contributed by atoms with Crippen molar-refractivity contribution in [2.45, 2.75) is 0 Å². The highest BCUT2D eigenvalue weighted by Gasteiger charge is 2.43. The van der Waals surface area contributed by atoms with E-state index < -0.39 is 17.7 Å². The fourth-order valence-electron chi connectivity index (χ4n) is 3.05. The van der Waals surface area contributed by atoms with Gasteiger partial charge in [0.15, 0.2) is 0 Å². The van der Waals surface area contributed by atoms with Crippen molar-refractivity contribution in [3.8, 4) is 0 Å². The molecule has 0 fully saturated rings. The highest BCUT2D eigenvalue weighted by Crippen LogP contribution is 2.28. The summed E-state index contributed by atoms with van der Waals surface area (Å²) in [7, 11) is 0. The number of nitrogens with zero attached hydrogens (tertiary/aromatic N) is 1. The minimum atomic E-state index is -0.673. The second-order valence-electron chi connectivity index (χ2n) is 6.34. The monoisotopic (exact) mass is 383 g/mol. The van der Waals surface area contributed by atoms with Crippen LogP contribution in [0.1, 0.15) is 0 Å². The summed E-state index contributed by atoms with van der Waals surface area (Å²) in [4.78, 5) is 40.1. The summed E-state index contributed by atoms with van der Waals surface area (Å²) < 4.78 is 0. The van der Waals surface area contributed by atoms with E-state index in [1.807, 2.05) is 12.1 Å². The molecule has 0 atom stereocenters. The lowest BCUT2D eigenvalue weighted by molar-refractivity contribution is -0.121. The Labute approximate surface area is 167 Å². The number of nitrogens with one attached hydrogen (secondary N) is 2. The molecule has 6 heteroatoms. The Morgan fingerprint density at radius 3 is 1.76 bits per heavy atom. The van der Waals surface area contributed by atoms with E-state index in [4.69, 9.17) is 0 Å². The normalized spacial score (nSPS) is 13.6. The summed E-state index contributed by atoms with van der Waals surface area (Å²) >= 11 is 0. The molecule has 0 saturated heterocycles. The standard InChI is InChI=1S/C23H17N3O3/c27-21(25-17-12-6-2-7-13-17)19-20(24-16-10-4-1-5-11-16)23(29)26(22(19)28)18-14-8-3-9-15-18/h1-15,24H,(H,25,27). The highest BCUT2D eigenvalue weighted by atomic mass is 16.2. The first-order valence-electron chi connectivity index (χ1n) is 9.02. The lowest BCUT2D eigenvalue weighted by atomic mass is 10.2. The molecule has 6 nitrogen and oxygen atoms in total. The van der Waals surface area contributed by atoms with Crippen LogP contribution in [-0.2, 0) is 14.4 Å². The number of rotatable bonds is 5. The maximum atomic E-state index is 13.1. The number of hydrogen-bond acceptors (Lipinski definition) is 4. The van der Waals surface area contributed by atoms with Gasteiger partial charge in [-0.05, 0) is 36.4 Å². The van der Waals surface area contributed by atoms with E-state index >= 15 is 0 Å². The third-order valence-electron chi connectivity index (χ3n) is 4.40. The number of carbonyl (C=O) groups excluding carboxylic acids is 3. The summed E-state index contributed by atoms with van der Waals surface area (Å²) in [6.07, 6.45) is 0. The quantitative estimate of drug-likeness (QED) is 0.522. The van der Waals surface area contributed by atoms with Gasteiger partial charge in [-0.2, -0.15) is 0 Å². The zero-order chi connectivity index (χ0) is 20.2. The molecule has 0 unspecified atom stereocenters. The number of carbonyl (C=O) groups is 3. The molecule has 4 rings (SSSR count). The van der Waals surface area contributed by atoms with Crippen molar-refractivity contribution in [3.05, 3.63) is 102 Å². The zero-order valence-electron chi connectivity index (χ0n) is 15.3. The number of para-hydroxylation sites is 3. The topological polar surface area (TPSA) is 78.5 Å². The van der Waals surface area contributed by atoms with E-state index in [1.54, 1.807) is 78.9 Å². The Bertz CT molecular complexity index is 1090. The maximum absolute atomic E-state index is 13.1. The maximum Gasteiger partial charge on any atom is 0.282 e. The second kappa shape index (κ2) is 7.82. The second-order valence-corrected chi connectivity index (χ2v) is 6.34. The van der Waals surface area contributed by atoms with Crippen LogP contribution < -0.4 is 15.5 Å². The molecule has 0 aliphatic carbocycles. The fourth-order valence-corrected chi connectivity index (χ4v) is 3.05. The Morgan fingerprint density at radius 1 is 0.655 bits per heavy atom. The van der Waals surface area contributed by atoms with Crippen LogP contribution in [0.15, 0.2) is 102 Å². The van der Waals surface area contributed by atoms with Gasteiger partial charge in [-0.25, -0.2) is 4.90 Å². The van der Waals surface area contributed by atoms with E-state index in [-0.39, 0.29) is 11.3 Å². The zero-order valence-corrected chi connectivity index (χ0v) is 15.3. The van der Waals surface area contributed by atoms with Crippen LogP contribution in [0.4, 0.5) is 17.1 Å². The molecule has 0 bridgehead atoms. The van der Waals surface area contributed by atoms with Crippen molar-refractivity contribution in [3.63, 3.8) is 0 Å². The number of amides is 3. The van der Waals surface area contributed by atoms with Crippen molar-refractivity contribution in [1.82, 2.24) is 0 Å². The van der Waals surface area contributed by atoms with Crippen LogP contribution in [0.5, 0.6) is 0 Å². The SMILES string of the molecule is O=C(Nc1ccccc1)C1=C(Nc2ccccc2)C(=O)N(c2ccccc2)C1=O. The van der Waals surface area contributed by atoms with Crippen molar-refractivity contribution >= 4 is 34.8 Å². The first kappa shape index (κ1) is 18.2. The minimum Gasteiger partial charge on any atom is -0.350 e. The van der Waals surface area contributed by atoms with E-state index in [2.05, 4.69) is 10.6 Å². The van der Waals surface area contributed by atoms with Gasteiger partial charge in [0, 0.05) is 11.4 Å². The van der Waals surface area contributed by atoms with Gasteiger partial charge in [0.2, 0.25) is 0 Å².